The Morgan fingerprint density at radius 1 is 1.23 bits per heavy atom. The monoisotopic (exact) mass is 475 g/mol. The van der Waals surface area contributed by atoms with Crippen LogP contribution in [0.4, 0.5) is 0 Å². The third-order valence-electron chi connectivity index (χ3n) is 8.23. The van der Waals surface area contributed by atoms with Gasteiger partial charge in [0.05, 0.1) is 18.6 Å². The number of ether oxygens (including phenoxy) is 1. The molecule has 4 aliphatic rings. The fourth-order valence-corrected chi connectivity index (χ4v) is 5.72. The molecule has 1 saturated heterocycles. The average Bonchev–Trinajstić information content (AvgIpc) is 2.87. The van der Waals surface area contributed by atoms with Crippen LogP contribution in [0.15, 0.2) is 41.6 Å². The summed E-state index contributed by atoms with van der Waals surface area (Å²) in [4.78, 5) is 37.9. The number of nitrogens with zero attached hydrogens (tertiary/aromatic N) is 4. The Labute approximate surface area is 202 Å². The van der Waals surface area contributed by atoms with Crippen molar-refractivity contribution in [2.24, 2.45) is 11.8 Å². The summed E-state index contributed by atoms with van der Waals surface area (Å²) in [6.07, 6.45) is 6.95. The van der Waals surface area contributed by atoms with Gasteiger partial charge < -0.3 is 15.2 Å². The summed E-state index contributed by atoms with van der Waals surface area (Å²) in [5.41, 5.74) is 0.982. The van der Waals surface area contributed by atoms with Crippen molar-refractivity contribution in [1.29, 1.82) is 0 Å². The first kappa shape index (κ1) is 22.2. The van der Waals surface area contributed by atoms with Crippen LogP contribution in [-0.2, 0) is 11.3 Å². The third-order valence-corrected chi connectivity index (χ3v) is 8.23. The van der Waals surface area contributed by atoms with E-state index in [0.29, 0.717) is 49.2 Å². The highest BCUT2D eigenvalue weighted by molar-refractivity contribution is 6.02. The maximum Gasteiger partial charge on any atom is 0.268 e. The number of aromatic nitrogens is 3. The second-order valence-corrected chi connectivity index (χ2v) is 10.0. The van der Waals surface area contributed by atoms with E-state index >= 15 is 0 Å². The highest BCUT2D eigenvalue weighted by Crippen LogP contribution is 2.61. The van der Waals surface area contributed by atoms with Gasteiger partial charge in [-0.15, -0.1) is 0 Å². The van der Waals surface area contributed by atoms with Crippen molar-refractivity contribution in [1.82, 2.24) is 24.8 Å². The van der Waals surface area contributed by atoms with E-state index < -0.39 is 11.5 Å². The summed E-state index contributed by atoms with van der Waals surface area (Å²) in [7, 11) is 0. The largest absolute Gasteiger partial charge is 0.506 e. The van der Waals surface area contributed by atoms with Crippen LogP contribution in [-0.4, -0.2) is 68.8 Å². The lowest BCUT2D eigenvalue weighted by Crippen LogP contribution is -2.74. The second kappa shape index (κ2) is 8.42. The maximum atomic E-state index is 13.6. The van der Waals surface area contributed by atoms with Crippen LogP contribution in [0.2, 0.25) is 0 Å². The minimum Gasteiger partial charge on any atom is -0.506 e. The van der Waals surface area contributed by atoms with Gasteiger partial charge in [-0.1, -0.05) is 13.0 Å². The van der Waals surface area contributed by atoms with Gasteiger partial charge in [0.1, 0.15) is 17.0 Å². The van der Waals surface area contributed by atoms with Gasteiger partial charge in [0, 0.05) is 61.4 Å². The number of hydrogen-bond donors (Lipinski definition) is 2. The number of amides is 1. The van der Waals surface area contributed by atoms with Gasteiger partial charge in [-0.25, -0.2) is 4.98 Å². The van der Waals surface area contributed by atoms with E-state index in [1.807, 2.05) is 12.1 Å². The number of rotatable bonds is 6. The number of aromatic hydroxyl groups is 1. The predicted molar refractivity (Wildman–Crippen MR) is 130 cm³/mol. The summed E-state index contributed by atoms with van der Waals surface area (Å²) in [5.74, 6) is 0.224. The van der Waals surface area contributed by atoms with Gasteiger partial charge in [-0.2, -0.15) is 0 Å². The molecule has 9 heteroatoms. The first-order valence-electron chi connectivity index (χ1n) is 12.3. The number of morpholine rings is 1. The quantitative estimate of drug-likeness (QED) is 0.561. The van der Waals surface area contributed by atoms with Crippen LogP contribution in [0.1, 0.15) is 30.1 Å². The zero-order chi connectivity index (χ0) is 24.2. The van der Waals surface area contributed by atoms with E-state index in [4.69, 9.17) is 4.74 Å². The van der Waals surface area contributed by atoms with Gasteiger partial charge >= 0.3 is 0 Å². The van der Waals surface area contributed by atoms with Gasteiger partial charge in [0.15, 0.2) is 0 Å². The SMILES string of the molecule is C[C@@H]1C2CC1(NC(=O)c1c(O)c3cc(-c4cccnc4)cnc3n(CCN3CCOCC3)c1=O)C2. The summed E-state index contributed by atoms with van der Waals surface area (Å²) in [5, 5.41) is 14.7. The summed E-state index contributed by atoms with van der Waals surface area (Å²) >= 11 is 0. The van der Waals surface area contributed by atoms with Crippen LogP contribution in [0.5, 0.6) is 5.75 Å². The van der Waals surface area contributed by atoms with E-state index in [2.05, 4.69) is 27.1 Å². The smallest absolute Gasteiger partial charge is 0.268 e. The van der Waals surface area contributed by atoms with E-state index in [-0.39, 0.29) is 16.9 Å². The Kier molecular flexibility index (Phi) is 5.34. The minimum absolute atomic E-state index is 0.207. The molecule has 0 unspecified atom stereocenters. The van der Waals surface area contributed by atoms with Crippen molar-refractivity contribution < 1.29 is 14.6 Å². The molecule has 182 valence electrons. The number of carbonyl (C=O) groups is 1. The molecule has 1 amide bonds. The highest BCUT2D eigenvalue weighted by Gasteiger charge is 2.63. The van der Waals surface area contributed by atoms with Gasteiger partial charge in [0.25, 0.3) is 11.5 Å². The molecule has 3 saturated carbocycles. The van der Waals surface area contributed by atoms with Crippen molar-refractivity contribution in [3.8, 4) is 16.9 Å². The normalized spacial score (nSPS) is 25.6. The number of fused-ring (bicyclic) bond motifs is 1. The first-order valence-corrected chi connectivity index (χ1v) is 12.3. The number of pyridine rings is 3. The van der Waals surface area contributed by atoms with E-state index in [0.717, 1.165) is 37.1 Å². The Morgan fingerprint density at radius 3 is 2.69 bits per heavy atom. The molecule has 3 aromatic rings. The highest BCUT2D eigenvalue weighted by atomic mass is 16.5. The fourth-order valence-electron chi connectivity index (χ4n) is 5.72. The zero-order valence-electron chi connectivity index (χ0n) is 19.7. The molecule has 9 nitrogen and oxygen atoms in total. The fraction of sp³-hybridized carbons (Fsp3) is 0.462. The maximum absolute atomic E-state index is 13.6. The Balaban J connectivity index is 1.43. The zero-order valence-corrected chi connectivity index (χ0v) is 19.7. The standard InChI is InChI=1S/C26H29N5O4/c1-16-19-12-26(16,13-19)29-24(33)21-22(32)20-11-18(17-3-2-4-27-14-17)15-28-23(20)31(25(21)34)6-5-30-7-9-35-10-8-30/h2-4,11,14-16,19,32H,5-10,12-13H2,1H3,(H,29,33)/t16-,19?,26?/m1/s1. The third kappa shape index (κ3) is 3.61. The molecule has 4 heterocycles. The predicted octanol–water partition coefficient (Wildman–Crippen LogP) is 2.02. The van der Waals surface area contributed by atoms with Crippen molar-refractivity contribution in [2.75, 3.05) is 32.8 Å². The Morgan fingerprint density at radius 2 is 2.03 bits per heavy atom. The molecule has 7 rings (SSSR count). The molecule has 2 N–H and O–H groups in total. The first-order chi connectivity index (χ1) is 17.0. The van der Waals surface area contributed by atoms with Crippen LogP contribution in [0, 0.1) is 11.8 Å². The molecule has 0 aromatic carbocycles. The summed E-state index contributed by atoms with van der Waals surface area (Å²) < 4.78 is 6.95. The molecular formula is C26H29N5O4. The van der Waals surface area contributed by atoms with Crippen LogP contribution < -0.4 is 10.9 Å². The number of carbonyl (C=O) groups excluding carboxylic acids is 1. The average molecular weight is 476 g/mol. The molecule has 4 fully saturated rings. The summed E-state index contributed by atoms with van der Waals surface area (Å²) in [6.45, 7) is 6.01. The molecule has 1 aliphatic heterocycles. The van der Waals surface area contributed by atoms with Crippen LogP contribution >= 0.6 is 0 Å². The van der Waals surface area contributed by atoms with E-state index in [1.165, 1.54) is 4.57 Å². The topological polar surface area (TPSA) is 110 Å². The van der Waals surface area contributed by atoms with E-state index in [9.17, 15) is 14.7 Å². The van der Waals surface area contributed by atoms with Gasteiger partial charge in [-0.3, -0.25) is 24.0 Å². The Bertz CT molecular complexity index is 1340. The molecule has 0 spiro atoms. The van der Waals surface area contributed by atoms with Crippen LogP contribution in [0.25, 0.3) is 22.2 Å². The molecular weight excluding hydrogens is 446 g/mol. The lowest BCUT2D eigenvalue weighted by Gasteiger charge is -2.67. The van der Waals surface area contributed by atoms with Crippen LogP contribution in [0.3, 0.4) is 0 Å². The lowest BCUT2D eigenvalue weighted by atomic mass is 9.43. The van der Waals surface area contributed by atoms with Crippen molar-refractivity contribution >= 4 is 16.9 Å². The van der Waals surface area contributed by atoms with Gasteiger partial charge in [0.2, 0.25) is 0 Å². The van der Waals surface area contributed by atoms with Crippen molar-refractivity contribution in [2.45, 2.75) is 31.8 Å². The molecule has 2 bridgehead atoms. The number of nitrogens with one attached hydrogen (secondary N) is 1. The lowest BCUT2D eigenvalue weighted by molar-refractivity contribution is -0.118. The molecule has 3 aliphatic carbocycles. The molecule has 35 heavy (non-hydrogen) atoms. The number of hydrogen-bond acceptors (Lipinski definition) is 7. The van der Waals surface area contributed by atoms with Gasteiger partial charge in [-0.05, 0) is 36.8 Å². The Hall–Kier alpha value is -3.30. The molecule has 3 aromatic heterocycles. The van der Waals surface area contributed by atoms with Crippen molar-refractivity contribution in [3.05, 3.63) is 52.7 Å². The van der Waals surface area contributed by atoms with Crippen molar-refractivity contribution in [3.63, 3.8) is 0 Å². The molecule has 0 radical (unpaired) electrons. The molecule has 1 atom stereocenters. The van der Waals surface area contributed by atoms with E-state index in [1.54, 1.807) is 24.7 Å². The minimum atomic E-state index is -0.512. The summed E-state index contributed by atoms with van der Waals surface area (Å²) in [6, 6.07) is 5.51. The second-order valence-electron chi connectivity index (χ2n) is 10.0.